The lowest BCUT2D eigenvalue weighted by Gasteiger charge is -2.36. The van der Waals surface area contributed by atoms with E-state index in [0.29, 0.717) is 19.0 Å². The van der Waals surface area contributed by atoms with E-state index in [1.165, 1.54) is 4.90 Å². The molecule has 1 atom stereocenters. The van der Waals surface area contributed by atoms with Gasteiger partial charge in [-0.25, -0.2) is 14.7 Å². The summed E-state index contributed by atoms with van der Waals surface area (Å²) in [5.41, 5.74) is -0.767. The fraction of sp³-hybridized carbons (Fsp3) is 0.632. The summed E-state index contributed by atoms with van der Waals surface area (Å²) in [7, 11) is 0. The van der Waals surface area contributed by atoms with Crippen molar-refractivity contribution in [1.29, 1.82) is 0 Å². The highest BCUT2D eigenvalue weighted by atomic mass is 16.2. The van der Waals surface area contributed by atoms with E-state index in [1.807, 2.05) is 25.1 Å². The molecule has 0 saturated carbocycles. The van der Waals surface area contributed by atoms with Gasteiger partial charge in [0.1, 0.15) is 11.4 Å². The van der Waals surface area contributed by atoms with Crippen molar-refractivity contribution in [2.75, 3.05) is 37.7 Å². The average molecular weight is 359 g/mol. The summed E-state index contributed by atoms with van der Waals surface area (Å²) in [5, 5.41) is 2.90. The van der Waals surface area contributed by atoms with Crippen LogP contribution in [0, 0.1) is 5.92 Å². The lowest BCUT2D eigenvalue weighted by molar-refractivity contribution is -0.132. The average Bonchev–Trinajstić information content (AvgIpc) is 2.85. The number of carbonyl (C=O) groups excluding carboxylic acids is 2. The highest BCUT2D eigenvalue weighted by Crippen LogP contribution is 2.25. The van der Waals surface area contributed by atoms with Crippen LogP contribution in [-0.4, -0.2) is 65.1 Å². The first-order chi connectivity index (χ1) is 12.4. The van der Waals surface area contributed by atoms with Crippen molar-refractivity contribution in [2.24, 2.45) is 5.92 Å². The monoisotopic (exact) mass is 359 g/mol. The summed E-state index contributed by atoms with van der Waals surface area (Å²) in [5.74, 6) is 1.38. The van der Waals surface area contributed by atoms with Gasteiger partial charge in [-0.15, -0.1) is 0 Å². The number of nitrogens with one attached hydrogen (secondary N) is 1. The molecular formula is C19H29N5O2. The van der Waals surface area contributed by atoms with Crippen molar-refractivity contribution in [3.05, 3.63) is 24.4 Å². The fourth-order valence-electron chi connectivity index (χ4n) is 3.48. The molecule has 0 aromatic carbocycles. The summed E-state index contributed by atoms with van der Waals surface area (Å²) in [6, 6.07) is 5.63. The Morgan fingerprint density at radius 1 is 1.19 bits per heavy atom. The van der Waals surface area contributed by atoms with Crippen LogP contribution in [-0.2, 0) is 4.79 Å². The number of pyridine rings is 1. The third-order valence-electron chi connectivity index (χ3n) is 5.25. The second-order valence-corrected chi connectivity index (χ2v) is 7.86. The molecule has 0 aliphatic carbocycles. The number of carbonyl (C=O) groups is 2. The Bertz CT molecular complexity index is 643. The van der Waals surface area contributed by atoms with Crippen LogP contribution in [0.3, 0.4) is 0 Å². The van der Waals surface area contributed by atoms with E-state index in [2.05, 4.69) is 33.9 Å². The smallest absolute Gasteiger partial charge is 0.326 e. The molecule has 3 heterocycles. The van der Waals surface area contributed by atoms with Crippen LogP contribution in [0.5, 0.6) is 0 Å². The Labute approximate surface area is 155 Å². The molecule has 1 aromatic rings. The van der Waals surface area contributed by atoms with Crippen LogP contribution in [0.4, 0.5) is 10.6 Å². The van der Waals surface area contributed by atoms with Gasteiger partial charge in [-0.05, 0) is 37.8 Å². The zero-order valence-electron chi connectivity index (χ0n) is 15.9. The minimum Gasteiger partial charge on any atom is -0.354 e. The molecule has 0 bridgehead atoms. The van der Waals surface area contributed by atoms with Gasteiger partial charge in [0.25, 0.3) is 5.91 Å². The molecule has 0 spiro atoms. The molecule has 3 amide bonds. The largest absolute Gasteiger partial charge is 0.354 e. The van der Waals surface area contributed by atoms with E-state index in [9.17, 15) is 9.59 Å². The number of hydrogen-bond donors (Lipinski definition) is 1. The summed E-state index contributed by atoms with van der Waals surface area (Å²) < 4.78 is 0. The maximum atomic E-state index is 12.8. The molecule has 1 N–H and O–H groups in total. The molecule has 26 heavy (non-hydrogen) atoms. The number of imide groups is 1. The SMILES string of the molecule is CC(C)CC[C@@]1(C)NC(=O)N(CN2CCN(c3ccccn3)CC2)C1=O. The predicted molar refractivity (Wildman–Crippen MR) is 101 cm³/mol. The molecule has 7 heteroatoms. The number of piperazine rings is 1. The predicted octanol–water partition coefficient (Wildman–Crippen LogP) is 1.91. The van der Waals surface area contributed by atoms with Crippen LogP contribution >= 0.6 is 0 Å². The summed E-state index contributed by atoms with van der Waals surface area (Å²) >= 11 is 0. The Balaban J connectivity index is 1.55. The second-order valence-electron chi connectivity index (χ2n) is 7.86. The molecule has 2 fully saturated rings. The van der Waals surface area contributed by atoms with Crippen molar-refractivity contribution in [3.63, 3.8) is 0 Å². The molecule has 0 radical (unpaired) electrons. The minimum absolute atomic E-state index is 0.102. The topological polar surface area (TPSA) is 68.8 Å². The van der Waals surface area contributed by atoms with Gasteiger partial charge in [0.15, 0.2) is 0 Å². The third-order valence-corrected chi connectivity index (χ3v) is 5.25. The van der Waals surface area contributed by atoms with Crippen LogP contribution in [0.15, 0.2) is 24.4 Å². The maximum Gasteiger partial charge on any atom is 0.326 e. The van der Waals surface area contributed by atoms with Gasteiger partial charge in [-0.2, -0.15) is 0 Å². The number of hydrogen-bond acceptors (Lipinski definition) is 5. The van der Waals surface area contributed by atoms with Gasteiger partial charge < -0.3 is 10.2 Å². The molecule has 2 aliphatic rings. The summed E-state index contributed by atoms with van der Waals surface area (Å²) in [6.07, 6.45) is 3.39. The molecule has 1 aromatic heterocycles. The van der Waals surface area contributed by atoms with Crippen molar-refractivity contribution < 1.29 is 9.59 Å². The number of nitrogens with zero attached hydrogens (tertiary/aromatic N) is 4. The highest BCUT2D eigenvalue weighted by molar-refractivity contribution is 6.06. The van der Waals surface area contributed by atoms with Crippen molar-refractivity contribution >= 4 is 17.8 Å². The quantitative estimate of drug-likeness (QED) is 0.786. The zero-order valence-corrected chi connectivity index (χ0v) is 15.9. The molecule has 3 rings (SSSR count). The number of aromatic nitrogens is 1. The van der Waals surface area contributed by atoms with E-state index in [0.717, 1.165) is 38.4 Å². The Kier molecular flexibility index (Phi) is 5.46. The van der Waals surface area contributed by atoms with Crippen molar-refractivity contribution in [3.8, 4) is 0 Å². The lowest BCUT2D eigenvalue weighted by Crippen LogP contribution is -2.52. The molecule has 7 nitrogen and oxygen atoms in total. The minimum atomic E-state index is -0.767. The van der Waals surface area contributed by atoms with E-state index >= 15 is 0 Å². The molecule has 142 valence electrons. The van der Waals surface area contributed by atoms with E-state index in [1.54, 1.807) is 6.20 Å². The summed E-state index contributed by atoms with van der Waals surface area (Å²) in [4.78, 5) is 35.3. The summed E-state index contributed by atoms with van der Waals surface area (Å²) in [6.45, 7) is 9.74. The lowest BCUT2D eigenvalue weighted by atomic mass is 9.92. The number of rotatable bonds is 6. The van der Waals surface area contributed by atoms with Gasteiger partial charge >= 0.3 is 6.03 Å². The Morgan fingerprint density at radius 3 is 2.54 bits per heavy atom. The number of amides is 3. The number of urea groups is 1. The fourth-order valence-corrected chi connectivity index (χ4v) is 3.48. The van der Waals surface area contributed by atoms with Gasteiger partial charge in [-0.1, -0.05) is 19.9 Å². The van der Waals surface area contributed by atoms with Crippen LogP contribution in [0.1, 0.15) is 33.6 Å². The normalized spacial score (nSPS) is 24.5. The third kappa shape index (κ3) is 3.98. The molecular weight excluding hydrogens is 330 g/mol. The van der Waals surface area contributed by atoms with Gasteiger partial charge in [0.05, 0.1) is 6.67 Å². The number of anilines is 1. The van der Waals surface area contributed by atoms with Gasteiger partial charge in [-0.3, -0.25) is 9.69 Å². The van der Waals surface area contributed by atoms with E-state index in [4.69, 9.17) is 0 Å². The molecule has 0 unspecified atom stereocenters. The Hall–Kier alpha value is -2.15. The first kappa shape index (κ1) is 18.6. The maximum absolute atomic E-state index is 12.8. The highest BCUT2D eigenvalue weighted by Gasteiger charge is 2.47. The zero-order chi connectivity index (χ0) is 18.7. The van der Waals surface area contributed by atoms with Gasteiger partial charge in [0, 0.05) is 32.4 Å². The molecule has 2 saturated heterocycles. The Morgan fingerprint density at radius 2 is 1.92 bits per heavy atom. The van der Waals surface area contributed by atoms with Crippen LogP contribution < -0.4 is 10.2 Å². The first-order valence-electron chi connectivity index (χ1n) is 9.41. The van der Waals surface area contributed by atoms with Crippen molar-refractivity contribution in [1.82, 2.24) is 20.1 Å². The van der Waals surface area contributed by atoms with E-state index < -0.39 is 5.54 Å². The van der Waals surface area contributed by atoms with E-state index in [-0.39, 0.29) is 11.9 Å². The van der Waals surface area contributed by atoms with Gasteiger partial charge in [0.2, 0.25) is 0 Å². The standard InChI is InChI=1S/C19H29N5O2/c1-15(2)7-8-19(3)17(25)24(18(26)21-19)14-22-10-12-23(13-11-22)16-6-4-5-9-20-16/h4-6,9,15H,7-8,10-14H2,1-3H3,(H,21,26)/t19-/m1/s1. The second kappa shape index (κ2) is 7.61. The van der Waals surface area contributed by atoms with Crippen LogP contribution in [0.25, 0.3) is 0 Å². The first-order valence-corrected chi connectivity index (χ1v) is 9.41. The van der Waals surface area contributed by atoms with Crippen molar-refractivity contribution in [2.45, 2.75) is 39.2 Å². The molecule has 2 aliphatic heterocycles. The van der Waals surface area contributed by atoms with Crippen LogP contribution in [0.2, 0.25) is 0 Å².